The quantitative estimate of drug-likeness (QED) is 0.357. The van der Waals surface area contributed by atoms with Crippen molar-refractivity contribution in [3.63, 3.8) is 0 Å². The maximum atomic E-state index is 7.26. The molecule has 0 aromatic carbocycles. The molecule has 0 amide bonds. The van der Waals surface area contributed by atoms with Crippen molar-refractivity contribution in [1.29, 1.82) is 5.41 Å². The van der Waals surface area contributed by atoms with Gasteiger partial charge < -0.3 is 5.73 Å². The number of halogens is 3. The SMILES string of the molecule is Cc1n[nH]c2c1/C(=N\NC(=N)N)CC(c1cc(Cl)sc1Cl)C2.Cl. The van der Waals surface area contributed by atoms with E-state index in [4.69, 9.17) is 34.3 Å². The fraction of sp³-hybridized carbons (Fsp3) is 0.308. The van der Waals surface area contributed by atoms with Crippen LogP contribution in [0, 0.1) is 12.3 Å². The summed E-state index contributed by atoms with van der Waals surface area (Å²) in [5.74, 6) is -0.0370. The molecule has 2 heterocycles. The molecular weight excluding hydrogens is 379 g/mol. The largest absolute Gasteiger partial charge is 0.369 e. The Balaban J connectivity index is 0.00000192. The van der Waals surface area contributed by atoms with E-state index in [2.05, 4.69) is 20.7 Å². The van der Waals surface area contributed by atoms with Gasteiger partial charge >= 0.3 is 0 Å². The number of aromatic nitrogens is 2. The van der Waals surface area contributed by atoms with Crippen molar-refractivity contribution in [2.75, 3.05) is 0 Å². The van der Waals surface area contributed by atoms with Crippen LogP contribution in [0.2, 0.25) is 8.67 Å². The van der Waals surface area contributed by atoms with Gasteiger partial charge in [0, 0.05) is 11.3 Å². The van der Waals surface area contributed by atoms with Gasteiger partial charge in [0.25, 0.3) is 0 Å². The first-order valence-electron chi connectivity index (χ1n) is 6.61. The number of hydrogen-bond donors (Lipinski definition) is 4. The number of nitrogens with zero attached hydrogens (tertiary/aromatic N) is 2. The molecule has 0 saturated carbocycles. The Kier molecular flexibility index (Phi) is 5.57. The average molecular weight is 394 g/mol. The number of H-pyrrole nitrogens is 1. The van der Waals surface area contributed by atoms with E-state index in [1.807, 2.05) is 13.0 Å². The average Bonchev–Trinajstić information content (AvgIpc) is 2.99. The summed E-state index contributed by atoms with van der Waals surface area (Å²) in [7, 11) is 0. The number of guanidine groups is 1. The predicted molar refractivity (Wildman–Crippen MR) is 97.6 cm³/mol. The molecule has 1 aliphatic rings. The van der Waals surface area contributed by atoms with Crippen LogP contribution in [0.5, 0.6) is 0 Å². The number of nitrogens with two attached hydrogens (primary N) is 1. The highest BCUT2D eigenvalue weighted by Gasteiger charge is 2.30. The van der Waals surface area contributed by atoms with Gasteiger partial charge in [-0.15, -0.1) is 23.7 Å². The molecule has 3 rings (SSSR count). The molecule has 2 aromatic heterocycles. The van der Waals surface area contributed by atoms with Gasteiger partial charge in [-0.05, 0) is 37.3 Å². The third-order valence-corrected chi connectivity index (χ3v) is 5.15. The second-order valence-electron chi connectivity index (χ2n) is 5.13. The molecule has 124 valence electrons. The molecule has 0 radical (unpaired) electrons. The van der Waals surface area contributed by atoms with Crippen LogP contribution < -0.4 is 11.2 Å². The maximum Gasteiger partial charge on any atom is 0.206 e. The van der Waals surface area contributed by atoms with E-state index in [1.165, 1.54) is 11.3 Å². The van der Waals surface area contributed by atoms with E-state index < -0.39 is 0 Å². The molecule has 0 spiro atoms. The minimum Gasteiger partial charge on any atom is -0.369 e. The standard InChI is InChI=1S/C13H14Cl2N6S.ClH/c1-5-11-8(19-18-5)2-6(3-9(11)20-21-13(16)17)7-4-10(14)22-12(7)15;/h4,6H,2-3H2,1H3,(H,18,19)(H4,16,17,21);1H/b20-9-;. The fourth-order valence-corrected chi connectivity index (χ4v) is 4.37. The summed E-state index contributed by atoms with van der Waals surface area (Å²) in [5.41, 5.74) is 12.5. The van der Waals surface area contributed by atoms with Crippen LogP contribution in [0.4, 0.5) is 0 Å². The molecular formula is C13H15Cl3N6S. The fourth-order valence-electron chi connectivity index (χ4n) is 2.75. The predicted octanol–water partition coefficient (Wildman–Crippen LogP) is 3.43. The zero-order valence-corrected chi connectivity index (χ0v) is 15.3. The highest BCUT2D eigenvalue weighted by atomic mass is 35.5. The number of hydrogen-bond acceptors (Lipinski definition) is 4. The van der Waals surface area contributed by atoms with Crippen molar-refractivity contribution >= 4 is 58.6 Å². The summed E-state index contributed by atoms with van der Waals surface area (Å²) in [6.07, 6.45) is 1.47. The topological polar surface area (TPSA) is 103 Å². The first-order chi connectivity index (χ1) is 10.5. The number of rotatable bonds is 2. The summed E-state index contributed by atoms with van der Waals surface area (Å²) in [5, 5.41) is 18.8. The molecule has 1 aliphatic carbocycles. The zero-order valence-electron chi connectivity index (χ0n) is 12.1. The van der Waals surface area contributed by atoms with Gasteiger partial charge in [0.2, 0.25) is 5.96 Å². The van der Waals surface area contributed by atoms with Crippen LogP contribution in [-0.4, -0.2) is 21.9 Å². The van der Waals surface area contributed by atoms with E-state index in [9.17, 15) is 0 Å². The zero-order chi connectivity index (χ0) is 15.9. The van der Waals surface area contributed by atoms with E-state index in [-0.39, 0.29) is 24.3 Å². The Morgan fingerprint density at radius 1 is 1.52 bits per heavy atom. The third-order valence-electron chi connectivity index (χ3n) is 3.64. The normalized spacial score (nSPS) is 18.4. The highest BCUT2D eigenvalue weighted by molar-refractivity contribution is 7.20. The van der Waals surface area contributed by atoms with Gasteiger partial charge in [-0.25, -0.2) is 5.43 Å². The van der Waals surface area contributed by atoms with Gasteiger partial charge in [-0.3, -0.25) is 10.5 Å². The number of thiophene rings is 1. The molecule has 6 nitrogen and oxygen atoms in total. The van der Waals surface area contributed by atoms with Crippen LogP contribution in [0.1, 0.15) is 34.9 Å². The maximum absolute atomic E-state index is 7.26. The van der Waals surface area contributed by atoms with Crippen LogP contribution in [0.15, 0.2) is 11.2 Å². The summed E-state index contributed by atoms with van der Waals surface area (Å²) in [6.45, 7) is 1.92. The van der Waals surface area contributed by atoms with Crippen LogP contribution >= 0.6 is 46.9 Å². The summed E-state index contributed by atoms with van der Waals surface area (Å²) in [6, 6.07) is 1.91. The second-order valence-corrected chi connectivity index (χ2v) is 7.42. The molecule has 23 heavy (non-hydrogen) atoms. The van der Waals surface area contributed by atoms with Gasteiger partial charge in [0.1, 0.15) is 0 Å². The Bertz CT molecular complexity index is 766. The Morgan fingerprint density at radius 2 is 2.26 bits per heavy atom. The number of aryl methyl sites for hydroxylation is 1. The smallest absolute Gasteiger partial charge is 0.206 e. The van der Waals surface area contributed by atoms with Crippen molar-refractivity contribution in [3.05, 3.63) is 37.3 Å². The lowest BCUT2D eigenvalue weighted by Gasteiger charge is -2.23. The molecule has 0 fully saturated rings. The molecule has 1 unspecified atom stereocenters. The van der Waals surface area contributed by atoms with Crippen molar-refractivity contribution in [1.82, 2.24) is 15.6 Å². The van der Waals surface area contributed by atoms with Crippen LogP contribution in [-0.2, 0) is 6.42 Å². The Labute approximate surface area is 153 Å². The van der Waals surface area contributed by atoms with Gasteiger partial charge in [0.15, 0.2) is 0 Å². The van der Waals surface area contributed by atoms with Crippen molar-refractivity contribution in [2.24, 2.45) is 10.8 Å². The van der Waals surface area contributed by atoms with Crippen molar-refractivity contribution < 1.29 is 0 Å². The number of aromatic amines is 1. The number of fused-ring (bicyclic) bond motifs is 1. The summed E-state index contributed by atoms with van der Waals surface area (Å²) in [4.78, 5) is 0. The van der Waals surface area contributed by atoms with E-state index >= 15 is 0 Å². The van der Waals surface area contributed by atoms with E-state index in [1.54, 1.807) is 0 Å². The van der Waals surface area contributed by atoms with Crippen LogP contribution in [0.25, 0.3) is 0 Å². The lowest BCUT2D eigenvalue weighted by atomic mass is 9.82. The van der Waals surface area contributed by atoms with Crippen LogP contribution in [0.3, 0.4) is 0 Å². The minimum absolute atomic E-state index is 0. The molecule has 0 aliphatic heterocycles. The minimum atomic E-state index is -0.200. The highest BCUT2D eigenvalue weighted by Crippen LogP contribution is 2.41. The first kappa shape index (κ1) is 18.1. The monoisotopic (exact) mass is 392 g/mol. The summed E-state index contributed by atoms with van der Waals surface area (Å²) < 4.78 is 1.38. The second kappa shape index (κ2) is 7.09. The molecule has 0 bridgehead atoms. The lowest BCUT2D eigenvalue weighted by molar-refractivity contribution is 0.680. The number of nitrogens with one attached hydrogen (secondary N) is 3. The van der Waals surface area contributed by atoms with E-state index in [0.717, 1.165) is 34.6 Å². The van der Waals surface area contributed by atoms with Gasteiger partial charge in [0.05, 0.1) is 20.1 Å². The number of hydrazone groups is 1. The van der Waals surface area contributed by atoms with E-state index in [0.29, 0.717) is 15.1 Å². The Morgan fingerprint density at radius 3 is 2.87 bits per heavy atom. The first-order valence-corrected chi connectivity index (χ1v) is 8.18. The molecule has 2 aromatic rings. The molecule has 5 N–H and O–H groups in total. The van der Waals surface area contributed by atoms with Gasteiger partial charge in [-0.2, -0.15) is 10.2 Å². The Hall–Kier alpha value is -1.28. The summed E-state index contributed by atoms with van der Waals surface area (Å²) >= 11 is 13.7. The third kappa shape index (κ3) is 3.63. The molecule has 0 saturated heterocycles. The molecule has 1 atom stereocenters. The molecule has 10 heteroatoms. The van der Waals surface area contributed by atoms with Crippen molar-refractivity contribution in [3.8, 4) is 0 Å². The van der Waals surface area contributed by atoms with Gasteiger partial charge in [-0.1, -0.05) is 23.2 Å². The lowest BCUT2D eigenvalue weighted by Crippen LogP contribution is -2.29. The van der Waals surface area contributed by atoms with Crippen molar-refractivity contribution in [2.45, 2.75) is 25.7 Å².